The molecule has 0 aromatic rings. The third-order valence-corrected chi connectivity index (χ3v) is 5.60. The van der Waals surface area contributed by atoms with Crippen LogP contribution in [0.2, 0.25) is 0 Å². The summed E-state index contributed by atoms with van der Waals surface area (Å²) in [6.45, 7) is 1.40. The van der Waals surface area contributed by atoms with Gasteiger partial charge in [0.1, 0.15) is 0 Å². The summed E-state index contributed by atoms with van der Waals surface area (Å²) in [7, 11) is 2.39. The first-order chi connectivity index (χ1) is 7.84. The van der Waals surface area contributed by atoms with Gasteiger partial charge in [0.25, 0.3) is 0 Å². The van der Waals surface area contributed by atoms with Crippen molar-refractivity contribution in [3.63, 3.8) is 0 Å². The number of fused-ring (bicyclic) bond motifs is 1. The van der Waals surface area contributed by atoms with Crippen LogP contribution < -0.4 is 0 Å². The zero-order valence-electron chi connectivity index (χ0n) is 10.8. The van der Waals surface area contributed by atoms with E-state index in [2.05, 4.69) is 11.9 Å². The fraction of sp³-hybridized carbons (Fsp3) is 1.00. The average Bonchev–Trinajstić information content (AvgIpc) is 2.89. The molecule has 0 aromatic heterocycles. The van der Waals surface area contributed by atoms with Gasteiger partial charge in [-0.25, -0.2) is 0 Å². The molecule has 0 N–H and O–H groups in total. The summed E-state index contributed by atoms with van der Waals surface area (Å²) in [5.41, 5.74) is 0. The minimum atomic E-state index is 0.952. The summed E-state index contributed by atoms with van der Waals surface area (Å²) in [5.74, 6) is 3.21. The molecule has 0 amide bonds. The highest BCUT2D eigenvalue weighted by Crippen LogP contribution is 2.43. The lowest BCUT2D eigenvalue weighted by Gasteiger charge is -2.31. The van der Waals surface area contributed by atoms with E-state index < -0.39 is 0 Å². The lowest BCUT2D eigenvalue weighted by molar-refractivity contribution is 0.200. The molecule has 16 heavy (non-hydrogen) atoms. The quantitative estimate of drug-likeness (QED) is 0.687. The Morgan fingerprint density at radius 3 is 2.44 bits per heavy atom. The van der Waals surface area contributed by atoms with Gasteiger partial charge in [-0.15, -0.1) is 0 Å². The van der Waals surface area contributed by atoms with Crippen LogP contribution in [-0.2, 0) is 0 Å². The highest BCUT2D eigenvalue weighted by atomic mass is 15.2. The number of likely N-dealkylation sites (tertiary alicyclic amines) is 1. The molecular weight excluding hydrogens is 194 g/mol. The maximum Gasteiger partial charge on any atom is 0.0126 e. The summed E-state index contributed by atoms with van der Waals surface area (Å²) in [5, 5.41) is 0. The van der Waals surface area contributed by atoms with Gasteiger partial charge in [-0.3, -0.25) is 0 Å². The largest absolute Gasteiger partial charge is 0.303 e. The average molecular weight is 221 g/mol. The van der Waals surface area contributed by atoms with E-state index in [1.165, 1.54) is 64.3 Å². The van der Waals surface area contributed by atoms with Gasteiger partial charge in [0.15, 0.2) is 0 Å². The molecule has 92 valence electrons. The predicted molar refractivity (Wildman–Crippen MR) is 68.4 cm³/mol. The number of hydrogen-bond acceptors (Lipinski definition) is 1. The van der Waals surface area contributed by atoms with Crippen molar-refractivity contribution < 1.29 is 0 Å². The zero-order chi connectivity index (χ0) is 11.0. The molecule has 1 aliphatic heterocycles. The second-order valence-corrected chi connectivity index (χ2v) is 6.60. The van der Waals surface area contributed by atoms with Crippen molar-refractivity contribution in [2.75, 3.05) is 13.6 Å². The SMILES string of the molecule is CN1C[C@@H]2CCCC[C@H]2C1CC1CCCC1. The lowest BCUT2D eigenvalue weighted by Crippen LogP contribution is -2.32. The Bertz CT molecular complexity index is 232. The third kappa shape index (κ3) is 2.03. The van der Waals surface area contributed by atoms with Crippen LogP contribution in [0.4, 0.5) is 0 Å². The summed E-state index contributed by atoms with van der Waals surface area (Å²) in [6.07, 6.45) is 13.7. The first kappa shape index (κ1) is 11.1. The summed E-state index contributed by atoms with van der Waals surface area (Å²) in [4.78, 5) is 2.71. The van der Waals surface area contributed by atoms with Crippen LogP contribution in [0.3, 0.4) is 0 Å². The van der Waals surface area contributed by atoms with Crippen LogP contribution in [0.1, 0.15) is 57.8 Å². The van der Waals surface area contributed by atoms with E-state index in [4.69, 9.17) is 0 Å². The molecule has 1 heteroatoms. The fourth-order valence-electron chi connectivity index (χ4n) is 4.74. The van der Waals surface area contributed by atoms with Crippen molar-refractivity contribution in [3.8, 4) is 0 Å². The third-order valence-electron chi connectivity index (χ3n) is 5.60. The molecule has 1 unspecified atom stereocenters. The maximum absolute atomic E-state index is 2.71. The monoisotopic (exact) mass is 221 g/mol. The molecule has 1 heterocycles. The van der Waals surface area contributed by atoms with Gasteiger partial charge in [-0.1, -0.05) is 38.5 Å². The molecule has 0 spiro atoms. The molecule has 3 aliphatic rings. The maximum atomic E-state index is 2.71. The van der Waals surface area contributed by atoms with Gasteiger partial charge < -0.3 is 4.90 Å². The highest BCUT2D eigenvalue weighted by molar-refractivity contribution is 4.94. The number of nitrogens with zero attached hydrogens (tertiary/aromatic N) is 1. The Balaban J connectivity index is 1.63. The molecule has 2 aliphatic carbocycles. The summed E-state index contributed by atoms with van der Waals surface area (Å²) >= 11 is 0. The number of hydrogen-bond donors (Lipinski definition) is 0. The standard InChI is InChI=1S/C15H27N/c1-16-11-13-8-4-5-9-14(13)15(16)10-12-6-2-3-7-12/h12-15H,2-11H2,1H3/t13-,14+,15?/m0/s1. The molecule has 1 saturated heterocycles. The van der Waals surface area contributed by atoms with E-state index >= 15 is 0 Å². The van der Waals surface area contributed by atoms with Gasteiger partial charge in [-0.2, -0.15) is 0 Å². The van der Waals surface area contributed by atoms with Gasteiger partial charge in [0.05, 0.1) is 0 Å². The van der Waals surface area contributed by atoms with E-state index in [1.807, 2.05) is 0 Å². The van der Waals surface area contributed by atoms with Crippen molar-refractivity contribution in [3.05, 3.63) is 0 Å². The van der Waals surface area contributed by atoms with Gasteiger partial charge in [0.2, 0.25) is 0 Å². The second kappa shape index (κ2) is 4.68. The number of rotatable bonds is 2. The van der Waals surface area contributed by atoms with E-state index in [0.717, 1.165) is 23.8 Å². The van der Waals surface area contributed by atoms with Gasteiger partial charge >= 0.3 is 0 Å². The Morgan fingerprint density at radius 1 is 0.938 bits per heavy atom. The van der Waals surface area contributed by atoms with Crippen molar-refractivity contribution in [2.45, 2.75) is 63.8 Å². The van der Waals surface area contributed by atoms with Crippen LogP contribution in [0.5, 0.6) is 0 Å². The highest BCUT2D eigenvalue weighted by Gasteiger charge is 2.41. The molecule has 0 bridgehead atoms. The lowest BCUT2D eigenvalue weighted by atomic mass is 9.76. The van der Waals surface area contributed by atoms with Crippen LogP contribution in [0.15, 0.2) is 0 Å². The van der Waals surface area contributed by atoms with Crippen molar-refractivity contribution >= 4 is 0 Å². The van der Waals surface area contributed by atoms with Crippen LogP contribution in [0.25, 0.3) is 0 Å². The Morgan fingerprint density at radius 2 is 1.62 bits per heavy atom. The Kier molecular flexibility index (Phi) is 3.24. The van der Waals surface area contributed by atoms with Crippen LogP contribution >= 0.6 is 0 Å². The van der Waals surface area contributed by atoms with E-state index in [1.54, 1.807) is 0 Å². The molecule has 1 nitrogen and oxygen atoms in total. The minimum Gasteiger partial charge on any atom is -0.303 e. The molecule has 2 saturated carbocycles. The van der Waals surface area contributed by atoms with Crippen molar-refractivity contribution in [2.24, 2.45) is 17.8 Å². The first-order valence-corrected chi connectivity index (χ1v) is 7.55. The van der Waals surface area contributed by atoms with Crippen molar-refractivity contribution in [1.82, 2.24) is 4.90 Å². The Labute approximate surface area is 101 Å². The van der Waals surface area contributed by atoms with Crippen LogP contribution in [0, 0.1) is 17.8 Å². The molecule has 3 atom stereocenters. The summed E-state index contributed by atoms with van der Waals surface area (Å²) in [6, 6.07) is 0.952. The Hall–Kier alpha value is -0.0400. The second-order valence-electron chi connectivity index (χ2n) is 6.60. The fourth-order valence-corrected chi connectivity index (χ4v) is 4.74. The van der Waals surface area contributed by atoms with Crippen LogP contribution in [-0.4, -0.2) is 24.5 Å². The smallest absolute Gasteiger partial charge is 0.0126 e. The normalized spacial score (nSPS) is 41.4. The minimum absolute atomic E-state index is 0.952. The summed E-state index contributed by atoms with van der Waals surface area (Å²) < 4.78 is 0. The topological polar surface area (TPSA) is 3.24 Å². The molecular formula is C15H27N. The predicted octanol–water partition coefficient (Wildman–Crippen LogP) is 3.69. The zero-order valence-corrected chi connectivity index (χ0v) is 10.8. The van der Waals surface area contributed by atoms with Gasteiger partial charge in [0, 0.05) is 12.6 Å². The van der Waals surface area contributed by atoms with E-state index in [0.29, 0.717) is 0 Å². The van der Waals surface area contributed by atoms with E-state index in [-0.39, 0.29) is 0 Å². The molecule has 3 rings (SSSR count). The van der Waals surface area contributed by atoms with Gasteiger partial charge in [-0.05, 0) is 44.1 Å². The molecule has 0 radical (unpaired) electrons. The molecule has 0 aromatic carbocycles. The molecule has 3 fully saturated rings. The first-order valence-electron chi connectivity index (χ1n) is 7.55. The van der Waals surface area contributed by atoms with E-state index in [9.17, 15) is 0 Å². The van der Waals surface area contributed by atoms with Crippen molar-refractivity contribution in [1.29, 1.82) is 0 Å².